The number of benzene rings is 4. The lowest BCUT2D eigenvalue weighted by Crippen LogP contribution is -2.20. The van der Waals surface area contributed by atoms with Crippen molar-refractivity contribution in [1.29, 1.82) is 0 Å². The number of hydrogen-bond donors (Lipinski definition) is 4. The first-order chi connectivity index (χ1) is 22.5. The van der Waals surface area contributed by atoms with Gasteiger partial charge in [-0.1, -0.05) is 0 Å². The summed E-state index contributed by atoms with van der Waals surface area (Å²) in [5.41, 5.74) is 3.42. The Balaban J connectivity index is 0.000000185. The molecule has 10 nitrogen and oxygen atoms in total. The van der Waals surface area contributed by atoms with Gasteiger partial charge in [0.2, 0.25) is 0 Å². The monoisotopic (exact) mass is 639 g/mol. The standard InChI is InChI=1S/C18H15FN2O3.C17H12FNO4/c1-20-18(24)13-6-8-14(16-12(13)7-9-15(16)22)21-17(23)10-2-4-11(19)5-3-10;18-10-3-1-9(2-4-10)16(21)19-13-7-5-12(17(22)23)11-6-8-14(20)15(11)13/h2-6,8H,7,9H2,1H3,(H,20,24)(H,21,23);1-5,7H,6,8H2,(H,19,21)(H,22,23). The zero-order chi connectivity index (χ0) is 33.8. The summed E-state index contributed by atoms with van der Waals surface area (Å²) in [6.07, 6.45) is 1.34. The van der Waals surface area contributed by atoms with E-state index < -0.39 is 29.4 Å². The van der Waals surface area contributed by atoms with Crippen LogP contribution in [-0.2, 0) is 12.8 Å². The molecule has 12 heteroatoms. The minimum absolute atomic E-state index is 0.0747. The van der Waals surface area contributed by atoms with Crippen LogP contribution in [0.1, 0.15) is 86.1 Å². The molecule has 3 amide bonds. The van der Waals surface area contributed by atoms with Gasteiger partial charge < -0.3 is 21.1 Å². The van der Waals surface area contributed by atoms with Crippen molar-refractivity contribution < 1.29 is 42.7 Å². The number of amides is 3. The summed E-state index contributed by atoms with van der Waals surface area (Å²) >= 11 is 0. The van der Waals surface area contributed by atoms with Gasteiger partial charge in [0.1, 0.15) is 11.6 Å². The number of hydrogen-bond acceptors (Lipinski definition) is 6. The van der Waals surface area contributed by atoms with E-state index in [-0.39, 0.29) is 51.8 Å². The zero-order valence-electron chi connectivity index (χ0n) is 24.9. The number of anilines is 2. The average Bonchev–Trinajstić information content (AvgIpc) is 3.65. The number of fused-ring (bicyclic) bond motifs is 2. The SMILES string of the molecule is CNC(=O)c1ccc(NC(=O)c2ccc(F)cc2)c2c1CCC2=O.O=C(Nc1ccc(C(=O)O)c2c1C(=O)CC2)c1ccc(F)cc1. The van der Waals surface area contributed by atoms with Crippen molar-refractivity contribution in [3.05, 3.63) is 129 Å². The molecule has 0 bridgehead atoms. The Bertz CT molecular complexity index is 1960. The maximum atomic E-state index is 12.9. The van der Waals surface area contributed by atoms with Crippen LogP contribution >= 0.6 is 0 Å². The normalized spacial score (nSPS) is 12.7. The molecular formula is C35H27F2N3O7. The Morgan fingerprint density at radius 1 is 0.574 bits per heavy atom. The van der Waals surface area contributed by atoms with Crippen LogP contribution in [0.25, 0.3) is 0 Å². The van der Waals surface area contributed by atoms with E-state index in [1.807, 2.05) is 0 Å². The third-order valence-electron chi connectivity index (χ3n) is 7.80. The summed E-state index contributed by atoms with van der Waals surface area (Å²) in [5.74, 6) is -3.49. The quantitative estimate of drug-likeness (QED) is 0.218. The van der Waals surface area contributed by atoms with Gasteiger partial charge in [-0.25, -0.2) is 13.6 Å². The van der Waals surface area contributed by atoms with Crippen LogP contribution < -0.4 is 16.0 Å². The van der Waals surface area contributed by atoms with Crippen LogP contribution in [0.15, 0.2) is 72.8 Å². The largest absolute Gasteiger partial charge is 0.478 e. The van der Waals surface area contributed by atoms with Crippen LogP contribution in [0.4, 0.5) is 20.2 Å². The van der Waals surface area contributed by atoms with Crippen LogP contribution in [0, 0.1) is 11.6 Å². The molecule has 0 spiro atoms. The number of rotatable bonds is 6. The number of carboxylic acid groups (broad SMARTS) is 1. The van der Waals surface area contributed by atoms with Crippen molar-refractivity contribution in [3.8, 4) is 0 Å². The van der Waals surface area contributed by atoms with E-state index in [0.717, 1.165) is 12.1 Å². The van der Waals surface area contributed by atoms with Gasteiger partial charge in [0.25, 0.3) is 17.7 Å². The number of halogens is 2. The van der Waals surface area contributed by atoms with E-state index in [2.05, 4.69) is 16.0 Å². The summed E-state index contributed by atoms with van der Waals surface area (Å²) in [6, 6.07) is 16.0. The maximum Gasteiger partial charge on any atom is 0.335 e. The molecule has 0 saturated heterocycles. The molecule has 0 atom stereocenters. The van der Waals surface area contributed by atoms with E-state index in [4.69, 9.17) is 0 Å². The highest BCUT2D eigenvalue weighted by molar-refractivity contribution is 6.14. The van der Waals surface area contributed by atoms with E-state index in [0.29, 0.717) is 47.2 Å². The first kappa shape index (κ1) is 32.4. The number of carbonyl (C=O) groups excluding carboxylic acids is 5. The lowest BCUT2D eigenvalue weighted by molar-refractivity contribution is 0.0694. The summed E-state index contributed by atoms with van der Waals surface area (Å²) in [4.78, 5) is 71.8. The van der Waals surface area contributed by atoms with Gasteiger partial charge in [0.15, 0.2) is 11.6 Å². The van der Waals surface area contributed by atoms with Gasteiger partial charge in [-0.15, -0.1) is 0 Å². The highest BCUT2D eigenvalue weighted by atomic mass is 19.1. The lowest BCUT2D eigenvalue weighted by atomic mass is 10.00. The number of Topliss-reactive ketones (excluding diaryl/α,β-unsaturated/α-hetero) is 2. The van der Waals surface area contributed by atoms with Gasteiger partial charge in [-0.3, -0.25) is 24.0 Å². The molecule has 0 saturated carbocycles. The van der Waals surface area contributed by atoms with E-state index in [1.54, 1.807) is 12.1 Å². The summed E-state index contributed by atoms with van der Waals surface area (Å²) < 4.78 is 25.8. The summed E-state index contributed by atoms with van der Waals surface area (Å²) in [7, 11) is 1.52. The summed E-state index contributed by atoms with van der Waals surface area (Å²) in [5, 5.41) is 17.0. The van der Waals surface area contributed by atoms with Gasteiger partial charge in [0.05, 0.1) is 16.9 Å². The van der Waals surface area contributed by atoms with Crippen LogP contribution in [-0.4, -0.2) is 47.4 Å². The number of carbonyl (C=O) groups is 6. The third-order valence-corrected chi connectivity index (χ3v) is 7.80. The molecule has 4 N–H and O–H groups in total. The van der Waals surface area contributed by atoms with Gasteiger partial charge in [-0.05, 0) is 96.8 Å². The van der Waals surface area contributed by atoms with Crippen molar-refractivity contribution in [2.24, 2.45) is 0 Å². The Kier molecular flexibility index (Phi) is 9.31. The number of ketones is 2. The lowest BCUT2D eigenvalue weighted by Gasteiger charge is -2.12. The van der Waals surface area contributed by atoms with Crippen LogP contribution in [0.5, 0.6) is 0 Å². The van der Waals surface area contributed by atoms with Crippen LogP contribution in [0.3, 0.4) is 0 Å². The molecular weight excluding hydrogens is 612 g/mol. The predicted molar refractivity (Wildman–Crippen MR) is 167 cm³/mol. The molecule has 238 valence electrons. The predicted octanol–water partition coefficient (Wildman–Crippen LogP) is 5.47. The molecule has 0 aliphatic heterocycles. The Hall–Kier alpha value is -6.04. The van der Waals surface area contributed by atoms with E-state index in [1.165, 1.54) is 55.6 Å². The smallest absolute Gasteiger partial charge is 0.335 e. The molecule has 0 aromatic heterocycles. The first-order valence-corrected chi connectivity index (χ1v) is 14.5. The number of aromatic carboxylic acids is 1. The molecule has 2 aliphatic rings. The molecule has 4 aromatic rings. The molecule has 0 unspecified atom stereocenters. The Morgan fingerprint density at radius 2 is 0.979 bits per heavy atom. The highest BCUT2D eigenvalue weighted by Crippen LogP contribution is 2.33. The molecule has 0 fully saturated rings. The van der Waals surface area contributed by atoms with Crippen molar-refractivity contribution in [2.75, 3.05) is 17.7 Å². The van der Waals surface area contributed by atoms with E-state index >= 15 is 0 Å². The summed E-state index contributed by atoms with van der Waals surface area (Å²) in [6.45, 7) is 0. The number of nitrogens with one attached hydrogen (secondary N) is 3. The number of carboxylic acids is 1. The van der Waals surface area contributed by atoms with Crippen molar-refractivity contribution in [2.45, 2.75) is 25.7 Å². The fourth-order valence-electron chi connectivity index (χ4n) is 5.53. The van der Waals surface area contributed by atoms with Crippen molar-refractivity contribution in [3.63, 3.8) is 0 Å². The highest BCUT2D eigenvalue weighted by Gasteiger charge is 2.30. The molecule has 0 heterocycles. The zero-order valence-corrected chi connectivity index (χ0v) is 24.9. The second-order valence-electron chi connectivity index (χ2n) is 10.7. The maximum absolute atomic E-state index is 12.9. The van der Waals surface area contributed by atoms with E-state index in [9.17, 15) is 42.7 Å². The molecule has 6 rings (SSSR count). The molecule has 47 heavy (non-hydrogen) atoms. The van der Waals surface area contributed by atoms with Crippen molar-refractivity contribution in [1.82, 2.24) is 5.32 Å². The van der Waals surface area contributed by atoms with Gasteiger partial charge in [-0.2, -0.15) is 0 Å². The second kappa shape index (κ2) is 13.5. The second-order valence-corrected chi connectivity index (χ2v) is 10.7. The third kappa shape index (κ3) is 6.81. The molecule has 0 radical (unpaired) electrons. The first-order valence-electron chi connectivity index (χ1n) is 14.5. The van der Waals surface area contributed by atoms with Crippen LogP contribution in [0.2, 0.25) is 0 Å². The molecule has 4 aromatic carbocycles. The topological polar surface area (TPSA) is 159 Å². The Morgan fingerprint density at radius 3 is 1.38 bits per heavy atom. The minimum Gasteiger partial charge on any atom is -0.478 e. The molecule has 2 aliphatic carbocycles. The fraction of sp³-hybridized carbons (Fsp3) is 0.143. The Labute approximate surface area is 266 Å². The van der Waals surface area contributed by atoms with Gasteiger partial charge in [0, 0.05) is 47.7 Å². The fourth-order valence-corrected chi connectivity index (χ4v) is 5.53. The van der Waals surface area contributed by atoms with Gasteiger partial charge >= 0.3 is 5.97 Å². The minimum atomic E-state index is -1.10. The average molecular weight is 640 g/mol. The van der Waals surface area contributed by atoms with Crippen molar-refractivity contribution >= 4 is 46.6 Å².